The van der Waals surface area contributed by atoms with E-state index >= 15 is 0 Å². The fourth-order valence-electron chi connectivity index (χ4n) is 2.78. The molecule has 7 heteroatoms. The van der Waals surface area contributed by atoms with Crippen molar-refractivity contribution in [2.75, 3.05) is 20.2 Å². The number of halogens is 1. The molecule has 0 N–H and O–H groups in total. The van der Waals surface area contributed by atoms with Crippen LogP contribution in [0.4, 0.5) is 0 Å². The summed E-state index contributed by atoms with van der Waals surface area (Å²) in [5.41, 5.74) is 1.84. The molecule has 1 saturated heterocycles. The Morgan fingerprint density at radius 1 is 1.39 bits per heavy atom. The number of methoxy groups -OCH3 is 1. The zero-order chi connectivity index (χ0) is 16.2. The third-order valence-corrected chi connectivity index (χ3v) is 4.54. The molecule has 0 radical (unpaired) electrons. The lowest BCUT2D eigenvalue weighted by Crippen LogP contribution is -2.30. The van der Waals surface area contributed by atoms with Gasteiger partial charge < -0.3 is 9.64 Å². The summed E-state index contributed by atoms with van der Waals surface area (Å²) < 4.78 is 7.92. The number of rotatable bonds is 5. The fraction of sp³-hybridized carbons (Fsp3) is 0.438. The van der Waals surface area contributed by atoms with Gasteiger partial charge in [0.2, 0.25) is 5.91 Å². The molecule has 1 atom stereocenters. The third-order valence-electron chi connectivity index (χ3n) is 4.01. The Kier molecular flexibility index (Phi) is 5.07. The third kappa shape index (κ3) is 3.97. The monoisotopic (exact) mass is 378 g/mol. The summed E-state index contributed by atoms with van der Waals surface area (Å²) >= 11 is 3.40. The van der Waals surface area contributed by atoms with Gasteiger partial charge in [-0.25, -0.2) is 4.68 Å². The highest BCUT2D eigenvalue weighted by molar-refractivity contribution is 9.10. The summed E-state index contributed by atoms with van der Waals surface area (Å²) in [7, 11) is 1.64. The van der Waals surface area contributed by atoms with Crippen molar-refractivity contribution in [3.8, 4) is 0 Å². The molecule has 1 aliphatic rings. The van der Waals surface area contributed by atoms with Gasteiger partial charge in [0.05, 0.1) is 25.3 Å². The van der Waals surface area contributed by atoms with Crippen LogP contribution in [-0.2, 0) is 22.6 Å². The maximum absolute atomic E-state index is 12.4. The van der Waals surface area contributed by atoms with E-state index in [1.165, 1.54) is 0 Å². The summed E-state index contributed by atoms with van der Waals surface area (Å²) in [6.45, 7) is 1.91. The molecule has 6 nitrogen and oxygen atoms in total. The summed E-state index contributed by atoms with van der Waals surface area (Å²) in [5, 5.41) is 8.22. The molecule has 0 bridgehead atoms. The highest BCUT2D eigenvalue weighted by Crippen LogP contribution is 2.22. The van der Waals surface area contributed by atoms with Crippen molar-refractivity contribution in [1.29, 1.82) is 0 Å². The lowest BCUT2D eigenvalue weighted by Gasteiger charge is -2.16. The van der Waals surface area contributed by atoms with Crippen molar-refractivity contribution in [3.05, 3.63) is 46.2 Å². The number of nitrogens with zero attached hydrogens (tertiary/aromatic N) is 4. The molecule has 0 saturated carbocycles. The van der Waals surface area contributed by atoms with E-state index in [1.807, 2.05) is 40.0 Å². The number of amides is 1. The smallest absolute Gasteiger partial charge is 0.227 e. The first-order valence-electron chi connectivity index (χ1n) is 7.57. The predicted octanol–water partition coefficient (Wildman–Crippen LogP) is 2.20. The van der Waals surface area contributed by atoms with E-state index in [0.717, 1.165) is 28.7 Å². The van der Waals surface area contributed by atoms with Gasteiger partial charge >= 0.3 is 0 Å². The van der Waals surface area contributed by atoms with Gasteiger partial charge in [0.1, 0.15) is 5.69 Å². The van der Waals surface area contributed by atoms with Crippen molar-refractivity contribution in [3.63, 3.8) is 0 Å². The van der Waals surface area contributed by atoms with Crippen LogP contribution in [0, 0.1) is 0 Å². The summed E-state index contributed by atoms with van der Waals surface area (Å²) in [4.78, 5) is 14.3. The summed E-state index contributed by atoms with van der Waals surface area (Å²) in [5.74, 6) is 0.159. The van der Waals surface area contributed by atoms with Gasteiger partial charge in [-0.2, -0.15) is 0 Å². The van der Waals surface area contributed by atoms with Crippen LogP contribution in [0.5, 0.6) is 0 Å². The van der Waals surface area contributed by atoms with Crippen LogP contribution in [0.25, 0.3) is 0 Å². The summed E-state index contributed by atoms with van der Waals surface area (Å²) in [6, 6.07) is 8.07. The molecule has 0 unspecified atom stereocenters. The molecule has 1 aromatic heterocycles. The van der Waals surface area contributed by atoms with Crippen molar-refractivity contribution >= 4 is 21.8 Å². The fourth-order valence-corrected chi connectivity index (χ4v) is 3.04. The van der Waals surface area contributed by atoms with Crippen LogP contribution in [0.15, 0.2) is 34.9 Å². The number of ether oxygens (including phenoxy) is 1. The Hall–Kier alpha value is -1.73. The first-order chi connectivity index (χ1) is 11.2. The van der Waals surface area contributed by atoms with Crippen LogP contribution in [0.2, 0.25) is 0 Å². The molecule has 1 aliphatic heterocycles. The highest BCUT2D eigenvalue weighted by atomic mass is 79.9. The minimum atomic E-state index is 0.159. The topological polar surface area (TPSA) is 60.2 Å². The van der Waals surface area contributed by atoms with E-state index in [4.69, 9.17) is 4.74 Å². The quantitative estimate of drug-likeness (QED) is 0.799. The molecule has 1 fully saturated rings. The molecule has 0 aliphatic carbocycles. The molecule has 2 heterocycles. The number of carbonyl (C=O) groups is 1. The van der Waals surface area contributed by atoms with E-state index in [0.29, 0.717) is 19.6 Å². The van der Waals surface area contributed by atoms with Gasteiger partial charge in [-0.1, -0.05) is 33.3 Å². The maximum atomic E-state index is 12.4. The van der Waals surface area contributed by atoms with Crippen LogP contribution in [0.3, 0.4) is 0 Å². The van der Waals surface area contributed by atoms with Crippen LogP contribution >= 0.6 is 15.9 Å². The average Bonchev–Trinajstić information content (AvgIpc) is 3.19. The van der Waals surface area contributed by atoms with Crippen LogP contribution in [0.1, 0.15) is 23.7 Å². The lowest BCUT2D eigenvalue weighted by atomic mass is 10.1. The molecular weight excluding hydrogens is 360 g/mol. The van der Waals surface area contributed by atoms with Crippen LogP contribution < -0.4 is 0 Å². The van der Waals surface area contributed by atoms with E-state index < -0.39 is 0 Å². The van der Waals surface area contributed by atoms with E-state index in [2.05, 4.69) is 26.2 Å². The highest BCUT2D eigenvalue weighted by Gasteiger charge is 2.28. The van der Waals surface area contributed by atoms with E-state index in [-0.39, 0.29) is 11.9 Å². The minimum Gasteiger partial charge on any atom is -0.378 e. The van der Waals surface area contributed by atoms with Crippen molar-refractivity contribution < 1.29 is 9.53 Å². The number of hydrogen-bond donors (Lipinski definition) is 0. The normalized spacial score (nSPS) is 17.7. The molecule has 23 heavy (non-hydrogen) atoms. The standard InChI is InChI=1S/C16H19BrN4O2/c1-23-11-14-9-21(19-18-14)15-6-7-20(10-15)16(22)8-12-2-4-13(17)5-3-12/h2-5,9,15H,6-8,10-11H2,1H3/t15-/m1/s1. The maximum Gasteiger partial charge on any atom is 0.227 e. The molecular formula is C16H19BrN4O2. The molecule has 1 amide bonds. The van der Waals surface area contributed by atoms with Gasteiger partial charge in [0, 0.05) is 24.7 Å². The number of carbonyl (C=O) groups excluding carboxylic acids is 1. The molecule has 3 rings (SSSR count). The van der Waals surface area contributed by atoms with E-state index in [1.54, 1.807) is 7.11 Å². The first-order valence-corrected chi connectivity index (χ1v) is 8.37. The van der Waals surface area contributed by atoms with Crippen molar-refractivity contribution in [2.24, 2.45) is 0 Å². The number of aromatic nitrogens is 3. The number of benzene rings is 1. The van der Waals surface area contributed by atoms with Crippen molar-refractivity contribution in [2.45, 2.75) is 25.5 Å². The Bertz CT molecular complexity index is 671. The predicted molar refractivity (Wildman–Crippen MR) is 88.8 cm³/mol. The van der Waals surface area contributed by atoms with Gasteiger partial charge in [0.15, 0.2) is 0 Å². The minimum absolute atomic E-state index is 0.159. The zero-order valence-corrected chi connectivity index (χ0v) is 14.6. The second-order valence-corrected chi connectivity index (χ2v) is 6.62. The second kappa shape index (κ2) is 7.23. The SMILES string of the molecule is COCc1cn([C@@H]2CCN(C(=O)Cc3ccc(Br)cc3)C2)nn1. The van der Waals surface area contributed by atoms with Gasteiger partial charge in [-0.05, 0) is 24.1 Å². The molecule has 2 aromatic rings. The van der Waals surface area contributed by atoms with Gasteiger partial charge in [-0.3, -0.25) is 4.79 Å². The first kappa shape index (κ1) is 16.1. The Morgan fingerprint density at radius 3 is 2.91 bits per heavy atom. The number of hydrogen-bond acceptors (Lipinski definition) is 4. The Morgan fingerprint density at radius 2 is 2.17 bits per heavy atom. The molecule has 122 valence electrons. The second-order valence-electron chi connectivity index (χ2n) is 5.71. The largest absolute Gasteiger partial charge is 0.378 e. The number of likely N-dealkylation sites (tertiary alicyclic amines) is 1. The van der Waals surface area contributed by atoms with Gasteiger partial charge in [-0.15, -0.1) is 5.10 Å². The Balaban J connectivity index is 1.57. The van der Waals surface area contributed by atoms with Crippen LogP contribution in [-0.4, -0.2) is 46.0 Å². The molecule has 1 aromatic carbocycles. The summed E-state index contributed by atoms with van der Waals surface area (Å²) in [6.07, 6.45) is 3.24. The lowest BCUT2D eigenvalue weighted by molar-refractivity contribution is -0.129. The average molecular weight is 379 g/mol. The van der Waals surface area contributed by atoms with Gasteiger partial charge in [0.25, 0.3) is 0 Å². The van der Waals surface area contributed by atoms with Crippen molar-refractivity contribution in [1.82, 2.24) is 19.9 Å². The Labute approximate surface area is 143 Å². The zero-order valence-electron chi connectivity index (χ0n) is 13.0. The van der Waals surface area contributed by atoms with E-state index in [9.17, 15) is 4.79 Å². The molecule has 0 spiro atoms.